The van der Waals surface area contributed by atoms with Crippen LogP contribution in [0.4, 0.5) is 4.79 Å². The number of piperidine rings is 1. The summed E-state index contributed by atoms with van der Waals surface area (Å²) in [5.74, 6) is 0. The van der Waals surface area contributed by atoms with E-state index in [1.54, 1.807) is 11.9 Å². The predicted octanol–water partition coefficient (Wildman–Crippen LogP) is -2.07. The van der Waals surface area contributed by atoms with Gasteiger partial charge < -0.3 is 20.1 Å². The van der Waals surface area contributed by atoms with Crippen LogP contribution in [0.1, 0.15) is 6.42 Å². The SMILES string of the molecule is CN1C(=O)OC2C[C@@H](O)[C@@H]3[C@H](O)[C@H](O)CN3C21. The average Bonchev–Trinajstić information content (AvgIpc) is 2.68. The van der Waals surface area contributed by atoms with Crippen LogP contribution < -0.4 is 0 Å². The molecule has 0 aromatic heterocycles. The minimum absolute atomic E-state index is 0.241. The highest BCUT2D eigenvalue weighted by atomic mass is 16.6. The Labute approximate surface area is 98.2 Å². The van der Waals surface area contributed by atoms with Crippen LogP contribution in [0, 0.1) is 0 Å². The maximum Gasteiger partial charge on any atom is 0.411 e. The van der Waals surface area contributed by atoms with Crippen molar-refractivity contribution in [3.8, 4) is 0 Å². The monoisotopic (exact) mass is 244 g/mol. The molecule has 3 aliphatic heterocycles. The van der Waals surface area contributed by atoms with Gasteiger partial charge in [-0.3, -0.25) is 9.80 Å². The van der Waals surface area contributed by atoms with Gasteiger partial charge in [-0.2, -0.15) is 0 Å². The lowest BCUT2D eigenvalue weighted by molar-refractivity contribution is -0.0908. The number of hydrogen-bond donors (Lipinski definition) is 3. The molecule has 96 valence electrons. The normalized spacial score (nSPS) is 50.1. The zero-order valence-electron chi connectivity index (χ0n) is 9.43. The van der Waals surface area contributed by atoms with Crippen LogP contribution in [0.5, 0.6) is 0 Å². The number of nitrogens with zero attached hydrogens (tertiary/aromatic N) is 2. The lowest BCUT2D eigenvalue weighted by Crippen LogP contribution is -2.61. The standard InChI is InChI=1S/C10H16N2O5/c1-11-9-6(17-10(11)16)2-4(13)7-8(15)5(14)3-12(7)9/h4-9,13-15H,2-3H2,1H3/t4-,5-,6?,7-,8-,9?/m1/s1. The molecule has 3 aliphatic rings. The minimum Gasteiger partial charge on any atom is -0.442 e. The molecule has 3 saturated heterocycles. The van der Waals surface area contributed by atoms with Gasteiger partial charge in [0.1, 0.15) is 12.3 Å². The second kappa shape index (κ2) is 3.55. The molecule has 0 spiro atoms. The van der Waals surface area contributed by atoms with Gasteiger partial charge in [-0.15, -0.1) is 0 Å². The number of ether oxygens (including phenoxy) is 1. The maximum atomic E-state index is 11.5. The number of rotatable bonds is 0. The first-order chi connectivity index (χ1) is 8.00. The van der Waals surface area contributed by atoms with E-state index in [1.165, 1.54) is 4.90 Å². The van der Waals surface area contributed by atoms with Crippen molar-refractivity contribution in [1.82, 2.24) is 9.80 Å². The third-order valence-electron chi connectivity index (χ3n) is 4.00. The fourth-order valence-corrected chi connectivity index (χ4v) is 3.22. The molecule has 0 aromatic carbocycles. The van der Waals surface area contributed by atoms with E-state index in [4.69, 9.17) is 4.74 Å². The van der Waals surface area contributed by atoms with Gasteiger partial charge in [-0.25, -0.2) is 4.79 Å². The molecule has 0 aliphatic carbocycles. The van der Waals surface area contributed by atoms with Crippen LogP contribution in [0.15, 0.2) is 0 Å². The smallest absolute Gasteiger partial charge is 0.411 e. The summed E-state index contributed by atoms with van der Waals surface area (Å²) < 4.78 is 5.15. The molecule has 7 nitrogen and oxygen atoms in total. The zero-order valence-corrected chi connectivity index (χ0v) is 9.43. The van der Waals surface area contributed by atoms with E-state index in [0.29, 0.717) is 6.42 Å². The summed E-state index contributed by atoms with van der Waals surface area (Å²) in [5.41, 5.74) is 0. The van der Waals surface area contributed by atoms with E-state index in [1.807, 2.05) is 0 Å². The molecule has 17 heavy (non-hydrogen) atoms. The summed E-state index contributed by atoms with van der Waals surface area (Å²) in [5, 5.41) is 29.5. The number of aliphatic hydroxyl groups excluding tert-OH is 3. The zero-order chi connectivity index (χ0) is 12.3. The molecule has 7 heteroatoms. The van der Waals surface area contributed by atoms with Gasteiger partial charge in [0.05, 0.1) is 24.4 Å². The van der Waals surface area contributed by atoms with E-state index in [0.717, 1.165) is 0 Å². The van der Waals surface area contributed by atoms with Gasteiger partial charge >= 0.3 is 6.09 Å². The lowest BCUT2D eigenvalue weighted by Gasteiger charge is -2.42. The highest BCUT2D eigenvalue weighted by Crippen LogP contribution is 2.37. The first kappa shape index (κ1) is 11.2. The van der Waals surface area contributed by atoms with Gasteiger partial charge in [0.25, 0.3) is 0 Å². The Balaban J connectivity index is 1.92. The highest BCUT2D eigenvalue weighted by molar-refractivity contribution is 5.70. The Bertz CT molecular complexity index is 352. The third kappa shape index (κ3) is 1.40. The number of aliphatic hydroxyl groups is 3. The number of likely N-dealkylation sites (N-methyl/N-ethyl adjacent to an activating group) is 1. The summed E-state index contributed by atoms with van der Waals surface area (Å²) in [4.78, 5) is 14.7. The van der Waals surface area contributed by atoms with Crippen molar-refractivity contribution in [1.29, 1.82) is 0 Å². The minimum atomic E-state index is -0.977. The number of amides is 1. The van der Waals surface area contributed by atoms with Crippen molar-refractivity contribution in [2.24, 2.45) is 0 Å². The Hall–Kier alpha value is -0.890. The van der Waals surface area contributed by atoms with Gasteiger partial charge in [0.15, 0.2) is 0 Å². The number of fused-ring (bicyclic) bond motifs is 3. The van der Waals surface area contributed by atoms with Crippen molar-refractivity contribution in [2.45, 2.75) is 43.0 Å². The second-order valence-electron chi connectivity index (χ2n) is 5.00. The van der Waals surface area contributed by atoms with E-state index in [9.17, 15) is 20.1 Å². The van der Waals surface area contributed by atoms with Crippen molar-refractivity contribution in [3.63, 3.8) is 0 Å². The fraction of sp³-hybridized carbons (Fsp3) is 0.900. The van der Waals surface area contributed by atoms with Crippen LogP contribution in [0.2, 0.25) is 0 Å². The largest absolute Gasteiger partial charge is 0.442 e. The van der Waals surface area contributed by atoms with Crippen LogP contribution in [-0.4, -0.2) is 81.4 Å². The maximum absolute atomic E-state index is 11.5. The molecule has 3 heterocycles. The van der Waals surface area contributed by atoms with Crippen LogP contribution in [-0.2, 0) is 4.74 Å². The first-order valence-electron chi connectivity index (χ1n) is 5.74. The molecule has 0 bridgehead atoms. The molecule has 6 atom stereocenters. The van der Waals surface area contributed by atoms with Gasteiger partial charge in [-0.05, 0) is 0 Å². The summed E-state index contributed by atoms with van der Waals surface area (Å²) in [6, 6.07) is -0.525. The van der Waals surface area contributed by atoms with E-state index < -0.39 is 36.6 Å². The molecular formula is C10H16N2O5. The fourth-order valence-electron chi connectivity index (χ4n) is 3.22. The molecular weight excluding hydrogens is 228 g/mol. The Morgan fingerprint density at radius 3 is 2.71 bits per heavy atom. The third-order valence-corrected chi connectivity index (χ3v) is 4.00. The van der Waals surface area contributed by atoms with Gasteiger partial charge in [0.2, 0.25) is 0 Å². The van der Waals surface area contributed by atoms with Crippen molar-refractivity contribution in [2.75, 3.05) is 13.6 Å². The quantitative estimate of drug-likeness (QED) is 0.453. The molecule has 0 aromatic rings. The van der Waals surface area contributed by atoms with Crippen molar-refractivity contribution < 1.29 is 24.9 Å². The molecule has 0 radical (unpaired) electrons. The Morgan fingerprint density at radius 2 is 2.00 bits per heavy atom. The topological polar surface area (TPSA) is 93.5 Å². The van der Waals surface area contributed by atoms with E-state index >= 15 is 0 Å². The second-order valence-corrected chi connectivity index (χ2v) is 5.00. The summed E-state index contributed by atoms with van der Waals surface area (Å²) in [7, 11) is 1.62. The van der Waals surface area contributed by atoms with Crippen LogP contribution in [0.3, 0.4) is 0 Å². The van der Waals surface area contributed by atoms with Crippen molar-refractivity contribution >= 4 is 6.09 Å². The number of carbonyl (C=O) groups excluding carboxylic acids is 1. The average molecular weight is 244 g/mol. The highest BCUT2D eigenvalue weighted by Gasteiger charge is 2.57. The van der Waals surface area contributed by atoms with E-state index in [2.05, 4.69) is 0 Å². The number of carbonyl (C=O) groups is 1. The van der Waals surface area contributed by atoms with Crippen molar-refractivity contribution in [3.05, 3.63) is 0 Å². The van der Waals surface area contributed by atoms with Crippen LogP contribution >= 0.6 is 0 Å². The molecule has 2 unspecified atom stereocenters. The summed E-state index contributed by atoms with van der Waals surface area (Å²) in [6.45, 7) is 0.241. The Morgan fingerprint density at radius 1 is 1.29 bits per heavy atom. The first-order valence-corrected chi connectivity index (χ1v) is 5.74. The molecule has 0 saturated carbocycles. The van der Waals surface area contributed by atoms with Gasteiger partial charge in [0, 0.05) is 20.0 Å². The van der Waals surface area contributed by atoms with Gasteiger partial charge in [-0.1, -0.05) is 0 Å². The summed E-state index contributed by atoms with van der Waals surface area (Å²) in [6.07, 6.45) is -3.48. The van der Waals surface area contributed by atoms with E-state index in [-0.39, 0.29) is 12.7 Å². The molecule has 3 fully saturated rings. The lowest BCUT2D eigenvalue weighted by atomic mass is 9.93. The predicted molar refractivity (Wildman–Crippen MR) is 55.0 cm³/mol. The molecule has 3 N–H and O–H groups in total. The molecule has 3 rings (SSSR count). The summed E-state index contributed by atoms with van der Waals surface area (Å²) >= 11 is 0. The Kier molecular flexibility index (Phi) is 2.34. The number of hydrogen-bond acceptors (Lipinski definition) is 6. The molecule has 1 amide bonds. The van der Waals surface area contributed by atoms with Crippen LogP contribution in [0.25, 0.3) is 0 Å².